The third-order valence-electron chi connectivity index (χ3n) is 2.84. The quantitative estimate of drug-likeness (QED) is 0.903. The molecule has 0 saturated heterocycles. The molecule has 0 aliphatic rings. The Kier molecular flexibility index (Phi) is 3.98. The van der Waals surface area contributed by atoms with Crippen LogP contribution in [-0.2, 0) is 23.6 Å². The van der Waals surface area contributed by atoms with E-state index in [0.29, 0.717) is 5.82 Å². The van der Waals surface area contributed by atoms with Gasteiger partial charge in [0.2, 0.25) is 10.0 Å². The minimum absolute atomic E-state index is 0.00610. The van der Waals surface area contributed by atoms with Crippen molar-refractivity contribution in [3.8, 4) is 0 Å². The van der Waals surface area contributed by atoms with Crippen LogP contribution in [0.4, 0.5) is 5.82 Å². The first-order chi connectivity index (χ1) is 9.32. The summed E-state index contributed by atoms with van der Waals surface area (Å²) < 4.78 is 27.7. The molecule has 0 atom stereocenters. The van der Waals surface area contributed by atoms with Crippen LogP contribution < -0.4 is 5.73 Å². The van der Waals surface area contributed by atoms with Crippen LogP contribution in [0, 0.1) is 0 Å². The molecule has 2 aromatic heterocycles. The Bertz CT molecular complexity index is 728. The summed E-state index contributed by atoms with van der Waals surface area (Å²) in [6.07, 6.45) is 4.54. The van der Waals surface area contributed by atoms with Crippen LogP contribution in [0.1, 0.15) is 5.82 Å². The van der Waals surface area contributed by atoms with Crippen molar-refractivity contribution >= 4 is 27.4 Å². The number of nitrogens with two attached hydrogens (primary N) is 1. The molecule has 7 nitrogen and oxygen atoms in total. The van der Waals surface area contributed by atoms with Gasteiger partial charge in [0.15, 0.2) is 0 Å². The predicted octanol–water partition coefficient (Wildman–Crippen LogP) is 0.871. The molecular formula is C11H14ClN5O2S. The van der Waals surface area contributed by atoms with E-state index in [4.69, 9.17) is 17.3 Å². The van der Waals surface area contributed by atoms with E-state index >= 15 is 0 Å². The van der Waals surface area contributed by atoms with Crippen molar-refractivity contribution in [2.75, 3.05) is 12.8 Å². The van der Waals surface area contributed by atoms with E-state index in [1.54, 1.807) is 24.0 Å². The zero-order valence-electron chi connectivity index (χ0n) is 11.0. The Balaban J connectivity index is 2.29. The molecule has 9 heteroatoms. The van der Waals surface area contributed by atoms with Crippen LogP contribution in [0.5, 0.6) is 0 Å². The van der Waals surface area contributed by atoms with Crippen molar-refractivity contribution in [2.45, 2.75) is 11.4 Å². The third-order valence-corrected chi connectivity index (χ3v) is 4.91. The Labute approximate surface area is 122 Å². The fourth-order valence-corrected chi connectivity index (χ4v) is 2.91. The Morgan fingerprint density at radius 2 is 2.15 bits per heavy atom. The SMILES string of the molecule is CN(Cc1nccn1C)S(=O)(=O)c1cnc(N)c(Cl)c1. The van der Waals surface area contributed by atoms with Crippen LogP contribution >= 0.6 is 11.6 Å². The number of hydrogen-bond acceptors (Lipinski definition) is 5. The lowest BCUT2D eigenvalue weighted by Crippen LogP contribution is -2.28. The molecule has 0 unspecified atom stereocenters. The predicted molar refractivity (Wildman–Crippen MR) is 75.5 cm³/mol. The molecule has 20 heavy (non-hydrogen) atoms. The van der Waals surface area contributed by atoms with Crippen LogP contribution in [0.25, 0.3) is 0 Å². The summed E-state index contributed by atoms with van der Waals surface area (Å²) in [6, 6.07) is 1.29. The number of hydrogen-bond donors (Lipinski definition) is 1. The number of aromatic nitrogens is 3. The molecule has 0 fully saturated rings. The van der Waals surface area contributed by atoms with Gasteiger partial charge in [0.25, 0.3) is 0 Å². The fourth-order valence-electron chi connectivity index (χ4n) is 1.58. The lowest BCUT2D eigenvalue weighted by atomic mass is 10.5. The zero-order valence-corrected chi connectivity index (χ0v) is 12.6. The summed E-state index contributed by atoms with van der Waals surface area (Å²) >= 11 is 5.81. The third kappa shape index (κ3) is 2.77. The number of anilines is 1. The second-order valence-corrected chi connectivity index (χ2v) is 6.71. The van der Waals surface area contributed by atoms with Crippen LogP contribution in [0.3, 0.4) is 0 Å². The topological polar surface area (TPSA) is 94.1 Å². The maximum atomic E-state index is 12.4. The second-order valence-electron chi connectivity index (χ2n) is 4.25. The van der Waals surface area contributed by atoms with Gasteiger partial charge in [-0.3, -0.25) is 0 Å². The molecular weight excluding hydrogens is 302 g/mol. The van der Waals surface area contributed by atoms with Gasteiger partial charge in [-0.15, -0.1) is 0 Å². The molecule has 2 heterocycles. The molecule has 108 valence electrons. The summed E-state index contributed by atoms with van der Waals surface area (Å²) in [5.74, 6) is 0.725. The van der Waals surface area contributed by atoms with Crippen molar-refractivity contribution in [1.82, 2.24) is 18.8 Å². The van der Waals surface area contributed by atoms with Gasteiger partial charge < -0.3 is 10.3 Å². The van der Waals surface area contributed by atoms with Crippen molar-refractivity contribution in [3.63, 3.8) is 0 Å². The van der Waals surface area contributed by atoms with E-state index in [0.717, 1.165) is 0 Å². The maximum absolute atomic E-state index is 12.4. The highest BCUT2D eigenvalue weighted by Gasteiger charge is 2.23. The van der Waals surface area contributed by atoms with E-state index in [9.17, 15) is 8.42 Å². The number of nitrogens with zero attached hydrogens (tertiary/aromatic N) is 4. The maximum Gasteiger partial charge on any atom is 0.244 e. The summed E-state index contributed by atoms with van der Waals surface area (Å²) in [6.45, 7) is 0.147. The molecule has 0 radical (unpaired) electrons. The van der Waals surface area contributed by atoms with Crippen molar-refractivity contribution in [1.29, 1.82) is 0 Å². The van der Waals surface area contributed by atoms with Crippen LogP contribution in [0.2, 0.25) is 5.02 Å². The number of rotatable bonds is 4. The van der Waals surface area contributed by atoms with E-state index in [-0.39, 0.29) is 22.3 Å². The number of nitrogen functional groups attached to an aromatic ring is 1. The first kappa shape index (κ1) is 14.8. The second kappa shape index (κ2) is 5.39. The highest BCUT2D eigenvalue weighted by atomic mass is 35.5. The van der Waals surface area contributed by atoms with Gasteiger partial charge in [-0.05, 0) is 6.07 Å². The summed E-state index contributed by atoms with van der Waals surface area (Å²) in [4.78, 5) is 7.84. The van der Waals surface area contributed by atoms with Crippen molar-refractivity contribution in [3.05, 3.63) is 35.5 Å². The monoisotopic (exact) mass is 315 g/mol. The number of imidazole rings is 1. The molecule has 2 aromatic rings. The van der Waals surface area contributed by atoms with E-state index in [1.807, 2.05) is 0 Å². The van der Waals surface area contributed by atoms with Gasteiger partial charge in [-0.25, -0.2) is 18.4 Å². The standard InChI is InChI=1S/C11H14ClN5O2S/c1-16-4-3-14-10(16)7-17(2)20(18,19)8-5-9(12)11(13)15-6-8/h3-6H,7H2,1-2H3,(H2,13,15). The number of halogens is 1. The molecule has 0 aromatic carbocycles. The summed E-state index contributed by atoms with van der Waals surface area (Å²) in [5.41, 5.74) is 5.47. The Hall–Kier alpha value is -1.64. The van der Waals surface area contributed by atoms with Gasteiger partial charge in [-0.2, -0.15) is 4.31 Å². The largest absolute Gasteiger partial charge is 0.382 e. The lowest BCUT2D eigenvalue weighted by molar-refractivity contribution is 0.451. The smallest absolute Gasteiger partial charge is 0.244 e. The van der Waals surface area contributed by atoms with E-state index in [2.05, 4.69) is 9.97 Å². The number of pyridine rings is 1. The first-order valence-electron chi connectivity index (χ1n) is 5.66. The molecule has 2 rings (SSSR count). The summed E-state index contributed by atoms with van der Waals surface area (Å²) in [7, 11) is -0.431. The normalized spacial score (nSPS) is 12.0. The number of sulfonamides is 1. The van der Waals surface area contributed by atoms with Crippen LogP contribution in [-0.4, -0.2) is 34.3 Å². The number of aryl methyl sites for hydroxylation is 1. The van der Waals surface area contributed by atoms with Crippen molar-refractivity contribution in [2.24, 2.45) is 7.05 Å². The highest BCUT2D eigenvalue weighted by molar-refractivity contribution is 7.89. The van der Waals surface area contributed by atoms with Crippen molar-refractivity contribution < 1.29 is 8.42 Å². The van der Waals surface area contributed by atoms with Gasteiger partial charge in [0.05, 0.1) is 11.6 Å². The first-order valence-corrected chi connectivity index (χ1v) is 7.47. The lowest BCUT2D eigenvalue weighted by Gasteiger charge is -2.17. The molecule has 0 amide bonds. The van der Waals surface area contributed by atoms with Gasteiger partial charge in [-0.1, -0.05) is 11.6 Å². The molecule has 2 N–H and O–H groups in total. The molecule has 0 aliphatic carbocycles. The minimum atomic E-state index is -3.69. The van der Waals surface area contributed by atoms with Crippen LogP contribution in [0.15, 0.2) is 29.6 Å². The average molecular weight is 316 g/mol. The van der Waals surface area contributed by atoms with E-state index in [1.165, 1.54) is 23.6 Å². The Morgan fingerprint density at radius 3 is 2.70 bits per heavy atom. The molecule has 0 spiro atoms. The highest BCUT2D eigenvalue weighted by Crippen LogP contribution is 2.22. The molecule has 0 aliphatic heterocycles. The molecule has 0 saturated carbocycles. The molecule has 0 bridgehead atoms. The minimum Gasteiger partial charge on any atom is -0.382 e. The average Bonchev–Trinajstić information content (AvgIpc) is 2.78. The van der Waals surface area contributed by atoms with Gasteiger partial charge in [0, 0.05) is 32.7 Å². The Morgan fingerprint density at radius 1 is 1.45 bits per heavy atom. The van der Waals surface area contributed by atoms with Gasteiger partial charge in [0.1, 0.15) is 16.5 Å². The van der Waals surface area contributed by atoms with E-state index < -0.39 is 10.0 Å². The zero-order chi connectivity index (χ0) is 14.9. The fraction of sp³-hybridized carbons (Fsp3) is 0.273. The summed E-state index contributed by atoms with van der Waals surface area (Å²) in [5, 5.41) is 0.108. The van der Waals surface area contributed by atoms with Gasteiger partial charge >= 0.3 is 0 Å².